The molecule has 20 heavy (non-hydrogen) atoms. The van der Waals surface area contributed by atoms with Crippen LogP contribution in [0.2, 0.25) is 0 Å². The Morgan fingerprint density at radius 2 is 1.90 bits per heavy atom. The minimum absolute atomic E-state index is 0.0523. The summed E-state index contributed by atoms with van der Waals surface area (Å²) < 4.78 is 0. The van der Waals surface area contributed by atoms with E-state index in [2.05, 4.69) is 65.6 Å². The first kappa shape index (κ1) is 14.2. The van der Waals surface area contributed by atoms with Crippen LogP contribution in [-0.2, 0) is 6.54 Å². The summed E-state index contributed by atoms with van der Waals surface area (Å²) in [5.74, 6) is 1.25. The number of benzene rings is 1. The Morgan fingerprint density at radius 1 is 1.15 bits per heavy atom. The van der Waals surface area contributed by atoms with Crippen LogP contribution in [0.1, 0.15) is 31.9 Å². The highest BCUT2D eigenvalue weighted by Gasteiger charge is 2.11. The minimum Gasteiger partial charge on any atom is -0.364 e. The van der Waals surface area contributed by atoms with E-state index in [1.807, 2.05) is 12.1 Å². The molecule has 2 rings (SSSR count). The molecule has 0 atom stereocenters. The van der Waals surface area contributed by atoms with Gasteiger partial charge in [0.1, 0.15) is 0 Å². The molecule has 2 aromatic rings. The topological polar surface area (TPSA) is 62.7 Å². The molecule has 0 bridgehead atoms. The number of hydrogen-bond donors (Lipinski definition) is 2. The van der Waals surface area contributed by atoms with Crippen LogP contribution in [-0.4, -0.2) is 20.7 Å². The van der Waals surface area contributed by atoms with Gasteiger partial charge in [0.25, 0.3) is 0 Å². The molecule has 0 radical (unpaired) electrons. The van der Waals surface area contributed by atoms with Crippen LogP contribution >= 0.6 is 0 Å². The molecule has 0 amide bonds. The van der Waals surface area contributed by atoms with Crippen molar-refractivity contribution in [3.63, 3.8) is 0 Å². The lowest BCUT2D eigenvalue weighted by molar-refractivity contribution is 0.629. The molecule has 1 heterocycles. The zero-order valence-electron chi connectivity index (χ0n) is 12.4. The molecule has 0 spiro atoms. The van der Waals surface area contributed by atoms with Gasteiger partial charge in [-0.25, -0.2) is 0 Å². The molecule has 0 aliphatic heterocycles. The van der Waals surface area contributed by atoms with Gasteiger partial charge in [-0.3, -0.25) is 0 Å². The molecule has 0 unspecified atom stereocenters. The molecule has 0 aliphatic rings. The number of nitrogens with one attached hydrogen (secondary N) is 2. The van der Waals surface area contributed by atoms with Crippen molar-refractivity contribution in [3.8, 4) is 0 Å². The molecule has 5 heteroatoms. The van der Waals surface area contributed by atoms with Gasteiger partial charge in [0.15, 0.2) is 5.82 Å². The third-order valence-corrected chi connectivity index (χ3v) is 2.76. The monoisotopic (exact) mass is 271 g/mol. The molecule has 0 saturated heterocycles. The average molecular weight is 271 g/mol. The molecule has 1 aromatic carbocycles. The molecule has 2 N–H and O–H groups in total. The summed E-state index contributed by atoms with van der Waals surface area (Å²) in [4.78, 5) is 4.41. The van der Waals surface area contributed by atoms with Crippen molar-refractivity contribution in [1.82, 2.24) is 15.2 Å². The number of anilines is 2. The lowest BCUT2D eigenvalue weighted by Crippen LogP contribution is -2.27. The summed E-state index contributed by atoms with van der Waals surface area (Å²) in [6.45, 7) is 9.02. The Hall–Kier alpha value is -2.17. The molecule has 5 nitrogen and oxygen atoms in total. The molecular formula is C15H21N5. The fraction of sp³-hybridized carbons (Fsp3) is 0.400. The quantitative estimate of drug-likeness (QED) is 0.895. The van der Waals surface area contributed by atoms with Gasteiger partial charge in [-0.15, -0.1) is 5.10 Å². The van der Waals surface area contributed by atoms with Crippen molar-refractivity contribution in [3.05, 3.63) is 41.6 Å². The van der Waals surface area contributed by atoms with Crippen LogP contribution < -0.4 is 10.6 Å². The predicted octanol–water partition coefficient (Wildman–Crippen LogP) is 3.00. The van der Waals surface area contributed by atoms with Crippen molar-refractivity contribution in [2.24, 2.45) is 0 Å². The first-order valence-corrected chi connectivity index (χ1v) is 6.70. The Morgan fingerprint density at radius 3 is 2.60 bits per heavy atom. The van der Waals surface area contributed by atoms with E-state index in [-0.39, 0.29) is 5.54 Å². The molecule has 1 aromatic heterocycles. The van der Waals surface area contributed by atoms with Crippen LogP contribution in [0.15, 0.2) is 30.5 Å². The summed E-state index contributed by atoms with van der Waals surface area (Å²) in [6.07, 6.45) is 1.63. The molecule has 0 aliphatic carbocycles. The number of aryl methyl sites for hydroxylation is 1. The lowest BCUT2D eigenvalue weighted by Gasteiger charge is -2.20. The Kier molecular flexibility index (Phi) is 4.17. The highest BCUT2D eigenvalue weighted by Crippen LogP contribution is 2.13. The second kappa shape index (κ2) is 5.86. The second-order valence-electron chi connectivity index (χ2n) is 5.82. The first-order valence-electron chi connectivity index (χ1n) is 6.70. The maximum absolute atomic E-state index is 4.41. The Labute approximate surface area is 119 Å². The van der Waals surface area contributed by atoms with Gasteiger partial charge in [0, 0.05) is 12.1 Å². The second-order valence-corrected chi connectivity index (χ2v) is 5.82. The lowest BCUT2D eigenvalue weighted by atomic mass is 10.1. The minimum atomic E-state index is -0.0523. The summed E-state index contributed by atoms with van der Waals surface area (Å²) in [6, 6.07) is 8.24. The number of aromatic nitrogens is 3. The first-order chi connectivity index (χ1) is 9.44. The van der Waals surface area contributed by atoms with Gasteiger partial charge in [-0.05, 0) is 38.8 Å². The van der Waals surface area contributed by atoms with Crippen LogP contribution in [0.5, 0.6) is 0 Å². The van der Waals surface area contributed by atoms with Crippen molar-refractivity contribution < 1.29 is 0 Å². The van der Waals surface area contributed by atoms with Gasteiger partial charge in [-0.1, -0.05) is 24.3 Å². The highest BCUT2D eigenvalue weighted by atomic mass is 15.3. The van der Waals surface area contributed by atoms with E-state index < -0.39 is 0 Å². The normalized spacial score (nSPS) is 11.2. The number of hydrogen-bond acceptors (Lipinski definition) is 5. The van der Waals surface area contributed by atoms with E-state index in [4.69, 9.17) is 0 Å². The van der Waals surface area contributed by atoms with Gasteiger partial charge < -0.3 is 10.6 Å². The van der Waals surface area contributed by atoms with E-state index >= 15 is 0 Å². The van der Waals surface area contributed by atoms with Crippen LogP contribution in [0, 0.1) is 6.92 Å². The SMILES string of the molecule is Cc1ccccc1CNc1nncc(NC(C)(C)C)n1. The average Bonchev–Trinajstić information content (AvgIpc) is 2.36. The van der Waals surface area contributed by atoms with E-state index in [9.17, 15) is 0 Å². The Balaban J connectivity index is 2.03. The van der Waals surface area contributed by atoms with Gasteiger partial charge in [-0.2, -0.15) is 10.1 Å². The Bertz CT molecular complexity index is 574. The van der Waals surface area contributed by atoms with Crippen LogP contribution in [0.25, 0.3) is 0 Å². The fourth-order valence-corrected chi connectivity index (χ4v) is 1.81. The standard InChI is InChI=1S/C15H21N5/c1-11-7-5-6-8-12(11)9-16-14-18-13(10-17-20-14)19-15(2,3)4/h5-8,10H,9H2,1-4H3,(H2,16,18,19,20). The van der Waals surface area contributed by atoms with Gasteiger partial charge in [0.05, 0.1) is 6.20 Å². The molecule has 106 valence electrons. The summed E-state index contributed by atoms with van der Waals surface area (Å²) in [5.41, 5.74) is 2.42. The van der Waals surface area contributed by atoms with Gasteiger partial charge >= 0.3 is 0 Å². The van der Waals surface area contributed by atoms with Crippen LogP contribution in [0.4, 0.5) is 11.8 Å². The molecule has 0 saturated carbocycles. The van der Waals surface area contributed by atoms with Crippen LogP contribution in [0.3, 0.4) is 0 Å². The predicted molar refractivity (Wildman–Crippen MR) is 81.7 cm³/mol. The largest absolute Gasteiger partial charge is 0.364 e. The fourth-order valence-electron chi connectivity index (χ4n) is 1.81. The van der Waals surface area contributed by atoms with Gasteiger partial charge in [0.2, 0.25) is 5.95 Å². The van der Waals surface area contributed by atoms with E-state index in [1.54, 1.807) is 6.20 Å². The summed E-state index contributed by atoms with van der Waals surface area (Å²) in [7, 11) is 0. The summed E-state index contributed by atoms with van der Waals surface area (Å²) in [5, 5.41) is 14.4. The molecular weight excluding hydrogens is 250 g/mol. The third-order valence-electron chi connectivity index (χ3n) is 2.76. The third kappa shape index (κ3) is 4.19. The zero-order chi connectivity index (χ0) is 14.6. The summed E-state index contributed by atoms with van der Waals surface area (Å²) >= 11 is 0. The van der Waals surface area contributed by atoms with Crippen molar-refractivity contribution in [2.75, 3.05) is 10.6 Å². The van der Waals surface area contributed by atoms with Crippen molar-refractivity contribution >= 4 is 11.8 Å². The maximum Gasteiger partial charge on any atom is 0.244 e. The molecule has 0 fully saturated rings. The maximum atomic E-state index is 4.41. The van der Waals surface area contributed by atoms with E-state index in [0.717, 1.165) is 5.82 Å². The van der Waals surface area contributed by atoms with E-state index in [1.165, 1.54) is 11.1 Å². The smallest absolute Gasteiger partial charge is 0.244 e. The highest BCUT2D eigenvalue weighted by molar-refractivity contribution is 5.39. The number of nitrogens with zero attached hydrogens (tertiary/aromatic N) is 3. The van der Waals surface area contributed by atoms with E-state index in [0.29, 0.717) is 12.5 Å². The number of rotatable bonds is 4. The zero-order valence-corrected chi connectivity index (χ0v) is 12.4. The van der Waals surface area contributed by atoms with Crippen molar-refractivity contribution in [1.29, 1.82) is 0 Å². The van der Waals surface area contributed by atoms with Crippen molar-refractivity contribution in [2.45, 2.75) is 39.8 Å².